The van der Waals surface area contributed by atoms with Gasteiger partial charge in [-0.3, -0.25) is 4.79 Å². The molecule has 0 saturated heterocycles. The van der Waals surface area contributed by atoms with Gasteiger partial charge < -0.3 is 9.47 Å². The van der Waals surface area contributed by atoms with Crippen LogP contribution in [0.25, 0.3) is 10.1 Å². The van der Waals surface area contributed by atoms with Crippen molar-refractivity contribution in [1.82, 2.24) is 0 Å². The van der Waals surface area contributed by atoms with Crippen LogP contribution in [0, 0.1) is 5.82 Å². The average molecular weight is 412 g/mol. The number of halogens is 1. The SMILES string of the molecule is COCc1c(C(=O)O[C@@H](C)C(=O)c2ccc3c(c2)CCC3)sc2cccc(F)c12. The van der Waals surface area contributed by atoms with Crippen molar-refractivity contribution in [2.45, 2.75) is 38.9 Å². The smallest absolute Gasteiger partial charge is 0.349 e. The number of hydrogen-bond acceptors (Lipinski definition) is 5. The summed E-state index contributed by atoms with van der Waals surface area (Å²) < 4.78 is 25.6. The monoisotopic (exact) mass is 412 g/mol. The zero-order valence-corrected chi connectivity index (χ0v) is 17.1. The van der Waals surface area contributed by atoms with Crippen molar-refractivity contribution >= 4 is 33.2 Å². The zero-order valence-electron chi connectivity index (χ0n) is 16.3. The number of Topliss-reactive ketones (excluding diaryl/α,β-unsaturated/α-hetero) is 1. The van der Waals surface area contributed by atoms with Crippen molar-refractivity contribution in [2.75, 3.05) is 7.11 Å². The molecule has 1 atom stereocenters. The third-order valence-electron chi connectivity index (χ3n) is 5.27. The predicted molar refractivity (Wildman–Crippen MR) is 110 cm³/mol. The Morgan fingerprint density at radius 2 is 1.97 bits per heavy atom. The van der Waals surface area contributed by atoms with E-state index >= 15 is 0 Å². The highest BCUT2D eigenvalue weighted by atomic mass is 32.1. The van der Waals surface area contributed by atoms with Crippen LogP contribution in [0.4, 0.5) is 4.39 Å². The minimum absolute atomic E-state index is 0.0819. The predicted octanol–water partition coefficient (Wildman–Crippen LogP) is 5.10. The molecule has 0 radical (unpaired) electrons. The molecule has 1 aromatic heterocycles. The van der Waals surface area contributed by atoms with Crippen LogP contribution in [0.5, 0.6) is 0 Å². The molecule has 0 aliphatic heterocycles. The van der Waals surface area contributed by atoms with Gasteiger partial charge in [-0.15, -0.1) is 11.3 Å². The minimum atomic E-state index is -0.938. The van der Waals surface area contributed by atoms with Crippen LogP contribution in [0.15, 0.2) is 36.4 Å². The highest BCUT2D eigenvalue weighted by molar-refractivity contribution is 7.21. The summed E-state index contributed by atoms with van der Waals surface area (Å²) in [5.74, 6) is -1.29. The number of carbonyl (C=O) groups excluding carboxylic acids is 2. The van der Waals surface area contributed by atoms with Gasteiger partial charge in [0, 0.05) is 28.3 Å². The van der Waals surface area contributed by atoms with E-state index in [2.05, 4.69) is 0 Å². The minimum Gasteiger partial charge on any atom is -0.450 e. The normalized spacial score (nSPS) is 14.0. The van der Waals surface area contributed by atoms with Gasteiger partial charge in [-0.2, -0.15) is 0 Å². The Labute approximate surface area is 172 Å². The maximum absolute atomic E-state index is 14.3. The molecule has 6 heteroatoms. The molecule has 2 aromatic carbocycles. The highest BCUT2D eigenvalue weighted by Crippen LogP contribution is 2.34. The van der Waals surface area contributed by atoms with Crippen LogP contribution < -0.4 is 0 Å². The molecule has 0 spiro atoms. The van der Waals surface area contributed by atoms with E-state index in [9.17, 15) is 14.0 Å². The van der Waals surface area contributed by atoms with E-state index in [0.29, 0.717) is 21.2 Å². The third-order valence-corrected chi connectivity index (χ3v) is 6.45. The zero-order chi connectivity index (χ0) is 20.5. The molecule has 0 bridgehead atoms. The number of rotatable bonds is 6. The first kappa shape index (κ1) is 19.7. The summed E-state index contributed by atoms with van der Waals surface area (Å²) in [6, 6.07) is 10.4. The van der Waals surface area contributed by atoms with Gasteiger partial charge >= 0.3 is 5.97 Å². The Hall–Kier alpha value is -2.57. The lowest BCUT2D eigenvalue weighted by atomic mass is 10.0. The maximum Gasteiger partial charge on any atom is 0.349 e. The largest absolute Gasteiger partial charge is 0.450 e. The lowest BCUT2D eigenvalue weighted by Gasteiger charge is -2.13. The maximum atomic E-state index is 14.3. The molecule has 4 nitrogen and oxygen atoms in total. The summed E-state index contributed by atoms with van der Waals surface area (Å²) >= 11 is 1.15. The van der Waals surface area contributed by atoms with Crippen LogP contribution in [0.1, 0.15) is 50.1 Å². The molecule has 3 aromatic rings. The molecule has 29 heavy (non-hydrogen) atoms. The van der Waals surface area contributed by atoms with Crippen molar-refractivity contribution in [2.24, 2.45) is 0 Å². The molecular weight excluding hydrogens is 391 g/mol. The summed E-state index contributed by atoms with van der Waals surface area (Å²) in [6.07, 6.45) is 2.17. The first-order valence-electron chi connectivity index (χ1n) is 9.55. The Kier molecular flexibility index (Phi) is 5.48. The third kappa shape index (κ3) is 3.70. The fraction of sp³-hybridized carbons (Fsp3) is 0.304. The Morgan fingerprint density at radius 3 is 2.76 bits per heavy atom. The number of fused-ring (bicyclic) bond motifs is 2. The number of benzene rings is 2. The molecular formula is C23H21FO4S. The van der Waals surface area contributed by atoms with Crippen LogP contribution in [0.3, 0.4) is 0 Å². The van der Waals surface area contributed by atoms with Crippen molar-refractivity contribution in [3.63, 3.8) is 0 Å². The number of carbonyl (C=O) groups is 2. The number of thiophene rings is 1. The molecule has 1 aliphatic carbocycles. The number of ketones is 1. The molecule has 150 valence electrons. The topological polar surface area (TPSA) is 52.6 Å². The first-order chi connectivity index (χ1) is 14.0. The van der Waals surface area contributed by atoms with E-state index in [-0.39, 0.29) is 17.3 Å². The van der Waals surface area contributed by atoms with Crippen molar-refractivity contribution in [3.05, 3.63) is 69.3 Å². The fourth-order valence-electron chi connectivity index (χ4n) is 3.84. The average Bonchev–Trinajstić information content (AvgIpc) is 3.32. The van der Waals surface area contributed by atoms with Gasteiger partial charge in [0.25, 0.3) is 0 Å². The van der Waals surface area contributed by atoms with Crippen LogP contribution in [-0.2, 0) is 28.9 Å². The summed E-state index contributed by atoms with van der Waals surface area (Å²) in [6.45, 7) is 1.65. The molecule has 1 heterocycles. The molecule has 0 unspecified atom stereocenters. The Bertz CT molecular complexity index is 1100. The van der Waals surface area contributed by atoms with Gasteiger partial charge in [0.2, 0.25) is 5.78 Å². The number of esters is 1. The van der Waals surface area contributed by atoms with Gasteiger partial charge in [0.1, 0.15) is 10.7 Å². The second kappa shape index (κ2) is 8.05. The summed E-state index contributed by atoms with van der Waals surface area (Å²) in [5, 5.41) is 0.365. The van der Waals surface area contributed by atoms with E-state index in [1.54, 1.807) is 25.1 Å². The van der Waals surface area contributed by atoms with E-state index < -0.39 is 17.9 Å². The van der Waals surface area contributed by atoms with Crippen LogP contribution in [-0.4, -0.2) is 25.0 Å². The fourth-order valence-corrected chi connectivity index (χ4v) is 4.95. The van der Waals surface area contributed by atoms with Crippen LogP contribution >= 0.6 is 11.3 Å². The number of aryl methyl sites for hydroxylation is 2. The second-order valence-electron chi connectivity index (χ2n) is 7.20. The molecule has 1 aliphatic rings. The van der Waals surface area contributed by atoms with Gasteiger partial charge in [-0.05, 0) is 55.5 Å². The molecule has 4 rings (SSSR count). The van der Waals surface area contributed by atoms with E-state index in [4.69, 9.17) is 9.47 Å². The van der Waals surface area contributed by atoms with Gasteiger partial charge in [-0.25, -0.2) is 9.18 Å². The van der Waals surface area contributed by atoms with Gasteiger partial charge in [0.05, 0.1) is 6.61 Å². The van der Waals surface area contributed by atoms with Crippen molar-refractivity contribution < 1.29 is 23.5 Å². The van der Waals surface area contributed by atoms with E-state index in [1.165, 1.54) is 24.3 Å². The van der Waals surface area contributed by atoms with E-state index in [1.807, 2.05) is 12.1 Å². The standard InChI is InChI=1S/C23H21FO4S/c1-13(21(25)16-10-9-14-5-3-6-15(14)11-16)28-23(26)22-17(12-27-2)20-18(24)7-4-8-19(20)29-22/h4,7-11,13H,3,5-6,12H2,1-2H3/t13-/m0/s1. The number of ether oxygens (including phenoxy) is 2. The molecule has 0 amide bonds. The lowest BCUT2D eigenvalue weighted by Crippen LogP contribution is -2.24. The van der Waals surface area contributed by atoms with Crippen LogP contribution in [0.2, 0.25) is 0 Å². The molecule has 0 saturated carbocycles. The summed E-state index contributed by atoms with van der Waals surface area (Å²) in [7, 11) is 1.49. The number of hydrogen-bond donors (Lipinski definition) is 0. The van der Waals surface area contributed by atoms with E-state index in [0.717, 1.165) is 30.6 Å². The second-order valence-corrected chi connectivity index (χ2v) is 8.26. The lowest BCUT2D eigenvalue weighted by molar-refractivity contribution is 0.0320. The Balaban J connectivity index is 1.58. The first-order valence-corrected chi connectivity index (χ1v) is 10.4. The number of methoxy groups -OCH3 is 1. The van der Waals surface area contributed by atoms with Gasteiger partial charge in [-0.1, -0.05) is 18.2 Å². The van der Waals surface area contributed by atoms with Gasteiger partial charge in [0.15, 0.2) is 6.10 Å². The summed E-state index contributed by atoms with van der Waals surface area (Å²) in [4.78, 5) is 25.9. The Morgan fingerprint density at radius 1 is 1.17 bits per heavy atom. The van der Waals surface area contributed by atoms with Crippen molar-refractivity contribution in [3.8, 4) is 0 Å². The summed E-state index contributed by atoms with van der Waals surface area (Å²) in [5.41, 5.74) is 3.47. The molecule has 0 N–H and O–H groups in total. The molecule has 0 fully saturated rings. The quantitative estimate of drug-likeness (QED) is 0.417. The van der Waals surface area contributed by atoms with Crippen molar-refractivity contribution in [1.29, 1.82) is 0 Å². The highest BCUT2D eigenvalue weighted by Gasteiger charge is 2.26.